The number of amides is 2. The number of pyridine rings is 1. The van der Waals surface area contributed by atoms with Crippen LogP contribution >= 0.6 is 11.7 Å². The first kappa shape index (κ1) is 13.6. The molecule has 2 aromatic heterocycles. The Labute approximate surface area is 133 Å². The predicted molar refractivity (Wildman–Crippen MR) is 83.7 cm³/mol. The summed E-state index contributed by atoms with van der Waals surface area (Å²) in [5, 5.41) is 5.37. The van der Waals surface area contributed by atoms with Crippen LogP contribution in [0.3, 0.4) is 0 Å². The van der Waals surface area contributed by atoms with Crippen molar-refractivity contribution in [3.8, 4) is 5.88 Å². The molecule has 2 amide bonds. The normalized spacial score (nSPS) is 13.1. The molecule has 23 heavy (non-hydrogen) atoms. The van der Waals surface area contributed by atoms with Crippen molar-refractivity contribution in [3.05, 3.63) is 36.0 Å². The zero-order valence-electron chi connectivity index (χ0n) is 11.6. The van der Waals surface area contributed by atoms with E-state index < -0.39 is 0 Å². The Hall–Kier alpha value is -3.07. The van der Waals surface area contributed by atoms with Gasteiger partial charge in [-0.25, -0.2) is 4.98 Å². The minimum Gasteiger partial charge on any atom is -0.466 e. The molecule has 8 nitrogen and oxygen atoms in total. The third-order valence-corrected chi connectivity index (χ3v) is 3.78. The van der Waals surface area contributed by atoms with E-state index in [0.29, 0.717) is 11.4 Å². The Morgan fingerprint density at radius 1 is 1.22 bits per heavy atom. The van der Waals surface area contributed by atoms with Gasteiger partial charge < -0.3 is 15.4 Å². The summed E-state index contributed by atoms with van der Waals surface area (Å²) in [6, 6.07) is 8.38. The molecule has 2 N–H and O–H groups in total. The van der Waals surface area contributed by atoms with Gasteiger partial charge in [0.25, 0.3) is 11.8 Å². The van der Waals surface area contributed by atoms with Crippen LogP contribution in [0.15, 0.2) is 30.3 Å². The Balaban J connectivity index is 1.58. The fourth-order valence-corrected chi connectivity index (χ4v) is 2.66. The van der Waals surface area contributed by atoms with Crippen LogP contribution in [0.25, 0.3) is 11.0 Å². The van der Waals surface area contributed by atoms with Gasteiger partial charge in [0.1, 0.15) is 22.4 Å². The molecule has 3 aromatic rings. The molecule has 9 heteroatoms. The van der Waals surface area contributed by atoms with Crippen LogP contribution in [0.5, 0.6) is 5.88 Å². The summed E-state index contributed by atoms with van der Waals surface area (Å²) in [6.45, 7) is -0.113. The molecule has 1 aliphatic heterocycles. The number of hydrogen-bond donors (Lipinski definition) is 2. The number of aromatic nitrogens is 3. The summed E-state index contributed by atoms with van der Waals surface area (Å²) >= 11 is 1.12. The van der Waals surface area contributed by atoms with Gasteiger partial charge in [0.15, 0.2) is 6.61 Å². The van der Waals surface area contributed by atoms with Crippen molar-refractivity contribution in [1.29, 1.82) is 0 Å². The van der Waals surface area contributed by atoms with E-state index in [1.165, 1.54) is 6.07 Å². The van der Waals surface area contributed by atoms with E-state index in [9.17, 15) is 9.59 Å². The van der Waals surface area contributed by atoms with Gasteiger partial charge in [-0.05, 0) is 30.3 Å². The van der Waals surface area contributed by atoms with Gasteiger partial charge >= 0.3 is 0 Å². The van der Waals surface area contributed by atoms with E-state index in [2.05, 4.69) is 24.4 Å². The molecular weight excluding hydrogens is 318 g/mol. The molecule has 0 unspecified atom stereocenters. The monoisotopic (exact) mass is 327 g/mol. The molecule has 1 aromatic carbocycles. The summed E-state index contributed by atoms with van der Waals surface area (Å²) in [5.74, 6) is -0.395. The smallest absolute Gasteiger partial charge is 0.274 e. The van der Waals surface area contributed by atoms with Crippen LogP contribution in [-0.2, 0) is 4.79 Å². The number of nitrogens with one attached hydrogen (secondary N) is 2. The highest BCUT2D eigenvalue weighted by molar-refractivity contribution is 7.00. The fraction of sp³-hybridized carbons (Fsp3) is 0.0714. The Kier molecular flexibility index (Phi) is 3.12. The van der Waals surface area contributed by atoms with E-state index in [-0.39, 0.29) is 30.0 Å². The SMILES string of the molecule is O=C1COc2nc(C(=O)Nc3ccc4nsnc4c3)ccc2N1. The molecule has 114 valence electrons. The average Bonchev–Trinajstić information content (AvgIpc) is 3.02. The lowest BCUT2D eigenvalue weighted by molar-refractivity contribution is -0.118. The zero-order valence-corrected chi connectivity index (χ0v) is 12.4. The number of benzene rings is 1. The third-order valence-electron chi connectivity index (χ3n) is 3.22. The molecule has 0 saturated heterocycles. The topological polar surface area (TPSA) is 106 Å². The molecule has 0 atom stereocenters. The first-order chi connectivity index (χ1) is 11.2. The van der Waals surface area contributed by atoms with Gasteiger partial charge in [0, 0.05) is 5.69 Å². The maximum Gasteiger partial charge on any atom is 0.274 e. The summed E-state index contributed by atoms with van der Waals surface area (Å²) in [4.78, 5) is 27.6. The van der Waals surface area contributed by atoms with E-state index in [0.717, 1.165) is 22.8 Å². The first-order valence-corrected chi connectivity index (χ1v) is 7.39. The molecular formula is C14H9N5O3S. The highest BCUT2D eigenvalue weighted by atomic mass is 32.1. The maximum absolute atomic E-state index is 12.3. The average molecular weight is 327 g/mol. The van der Waals surface area contributed by atoms with Crippen LogP contribution in [0, 0.1) is 0 Å². The van der Waals surface area contributed by atoms with Gasteiger partial charge in [-0.1, -0.05) is 0 Å². The number of ether oxygens (including phenoxy) is 1. The van der Waals surface area contributed by atoms with Crippen molar-refractivity contribution in [2.45, 2.75) is 0 Å². The third kappa shape index (κ3) is 2.57. The molecule has 4 rings (SSSR count). The number of carbonyl (C=O) groups is 2. The van der Waals surface area contributed by atoms with Gasteiger partial charge in [0.2, 0.25) is 5.88 Å². The van der Waals surface area contributed by atoms with Crippen LogP contribution in [-0.4, -0.2) is 32.2 Å². The summed E-state index contributed by atoms with van der Waals surface area (Å²) in [7, 11) is 0. The lowest BCUT2D eigenvalue weighted by Gasteiger charge is -2.17. The summed E-state index contributed by atoms with van der Waals surface area (Å²) < 4.78 is 13.4. The van der Waals surface area contributed by atoms with E-state index in [4.69, 9.17) is 4.74 Å². The summed E-state index contributed by atoms with van der Waals surface area (Å²) in [5.41, 5.74) is 2.74. The summed E-state index contributed by atoms with van der Waals surface area (Å²) in [6.07, 6.45) is 0. The standard InChI is InChI=1S/C14H9N5O3S/c20-12-6-22-14-10(16-12)4-3-9(17-14)13(21)15-7-1-2-8-11(5-7)19-23-18-8/h1-5H,6H2,(H,15,21)(H,16,20). The van der Waals surface area contributed by atoms with Gasteiger partial charge in [-0.15, -0.1) is 0 Å². The van der Waals surface area contributed by atoms with Crippen molar-refractivity contribution in [2.24, 2.45) is 0 Å². The largest absolute Gasteiger partial charge is 0.466 e. The molecule has 0 fully saturated rings. The van der Waals surface area contributed by atoms with E-state index in [1.807, 2.05) is 0 Å². The minimum absolute atomic E-state index is 0.113. The number of hydrogen-bond acceptors (Lipinski definition) is 7. The van der Waals surface area contributed by atoms with Crippen molar-refractivity contribution in [2.75, 3.05) is 17.2 Å². The first-order valence-electron chi connectivity index (χ1n) is 6.66. The molecule has 0 aliphatic carbocycles. The van der Waals surface area contributed by atoms with E-state index >= 15 is 0 Å². The molecule has 3 heterocycles. The lowest BCUT2D eigenvalue weighted by atomic mass is 10.2. The van der Waals surface area contributed by atoms with Crippen LogP contribution < -0.4 is 15.4 Å². The molecule has 0 saturated carbocycles. The molecule has 0 spiro atoms. The molecule has 1 aliphatic rings. The second-order valence-corrected chi connectivity index (χ2v) is 5.34. The highest BCUT2D eigenvalue weighted by Crippen LogP contribution is 2.25. The van der Waals surface area contributed by atoms with Crippen molar-refractivity contribution in [3.63, 3.8) is 0 Å². The number of nitrogens with zero attached hydrogens (tertiary/aromatic N) is 3. The van der Waals surface area contributed by atoms with E-state index in [1.54, 1.807) is 24.3 Å². The zero-order chi connectivity index (χ0) is 15.8. The fourth-order valence-electron chi connectivity index (χ4n) is 2.15. The number of rotatable bonds is 2. The van der Waals surface area contributed by atoms with Crippen LogP contribution in [0.4, 0.5) is 11.4 Å². The second-order valence-electron chi connectivity index (χ2n) is 4.81. The minimum atomic E-state index is -0.379. The van der Waals surface area contributed by atoms with Crippen molar-refractivity contribution in [1.82, 2.24) is 13.7 Å². The quantitative estimate of drug-likeness (QED) is 0.741. The van der Waals surface area contributed by atoms with Crippen molar-refractivity contribution < 1.29 is 14.3 Å². The molecule has 0 bridgehead atoms. The number of carbonyl (C=O) groups excluding carboxylic acids is 2. The Bertz CT molecular complexity index is 939. The Morgan fingerprint density at radius 3 is 3.00 bits per heavy atom. The van der Waals surface area contributed by atoms with Gasteiger partial charge in [-0.2, -0.15) is 8.75 Å². The van der Waals surface area contributed by atoms with Gasteiger partial charge in [0.05, 0.1) is 11.7 Å². The van der Waals surface area contributed by atoms with Crippen molar-refractivity contribution >= 4 is 46.0 Å². The molecule has 0 radical (unpaired) electrons. The van der Waals surface area contributed by atoms with Crippen LogP contribution in [0.1, 0.15) is 10.5 Å². The van der Waals surface area contributed by atoms with Gasteiger partial charge in [-0.3, -0.25) is 9.59 Å². The highest BCUT2D eigenvalue weighted by Gasteiger charge is 2.19. The maximum atomic E-state index is 12.3. The Morgan fingerprint density at radius 2 is 2.09 bits per heavy atom. The predicted octanol–water partition coefficient (Wildman–Crippen LogP) is 1.67. The second kappa shape index (κ2) is 5.29. The number of anilines is 2. The number of fused-ring (bicyclic) bond motifs is 2. The van der Waals surface area contributed by atoms with Crippen LogP contribution in [0.2, 0.25) is 0 Å². The lowest BCUT2D eigenvalue weighted by Crippen LogP contribution is -2.26.